The summed E-state index contributed by atoms with van der Waals surface area (Å²) in [6.45, 7) is 5.28. The number of nitrogens with one attached hydrogen (secondary N) is 1. The molecule has 5 nitrogen and oxygen atoms in total. The van der Waals surface area contributed by atoms with Crippen molar-refractivity contribution >= 4 is 17.9 Å². The van der Waals surface area contributed by atoms with Crippen LogP contribution in [-0.4, -0.2) is 22.6 Å². The van der Waals surface area contributed by atoms with E-state index < -0.39 is 11.7 Å². The molecule has 2 aliphatic heterocycles. The summed E-state index contributed by atoms with van der Waals surface area (Å²) in [5.74, 6) is 2.40. The Morgan fingerprint density at radius 2 is 2.36 bits per heavy atom. The number of carbonyl (C=O) groups excluding carboxylic acids is 1. The molecule has 0 aromatic rings. The maximum Gasteiger partial charge on any atom is 0.405 e. The number of rotatable bonds is 0. The minimum absolute atomic E-state index is 0.453. The van der Waals surface area contributed by atoms with E-state index in [0.29, 0.717) is 0 Å². The number of hydrazine groups is 1. The number of primary amides is 1. The van der Waals surface area contributed by atoms with Crippen molar-refractivity contribution in [3.05, 3.63) is 11.2 Å². The Bertz CT molecular complexity index is 260. The zero-order chi connectivity index (χ0) is 10.8. The van der Waals surface area contributed by atoms with Gasteiger partial charge in [-0.05, 0) is 20.8 Å². The molecule has 0 radical (unpaired) electrons. The molecule has 0 unspecified atom stereocenters. The van der Waals surface area contributed by atoms with Gasteiger partial charge in [0.2, 0.25) is 0 Å². The Labute approximate surface area is 87.6 Å². The first-order chi connectivity index (χ1) is 6.38. The Kier molecular flexibility index (Phi) is 3.15. The van der Waals surface area contributed by atoms with E-state index in [0.717, 1.165) is 5.88 Å². The summed E-state index contributed by atoms with van der Waals surface area (Å²) in [6.07, 6.45) is -0.725. The fourth-order valence-electron chi connectivity index (χ4n) is 0.798. The fraction of sp³-hybridized carbons (Fsp3) is 0.625. The number of nitrogens with two attached hydrogens (primary N) is 1. The van der Waals surface area contributed by atoms with Crippen LogP contribution in [0.25, 0.3) is 0 Å². The molecule has 80 valence electrons. The van der Waals surface area contributed by atoms with Gasteiger partial charge >= 0.3 is 6.09 Å². The zero-order valence-electron chi connectivity index (χ0n) is 8.53. The average molecular weight is 217 g/mol. The van der Waals surface area contributed by atoms with Gasteiger partial charge in [-0.2, -0.15) is 0 Å². The lowest BCUT2D eigenvalue weighted by atomic mass is 10.2. The van der Waals surface area contributed by atoms with Gasteiger partial charge in [-0.3, -0.25) is 10.4 Å². The highest BCUT2D eigenvalue weighted by atomic mass is 32.2. The number of carbonyl (C=O) groups is 1. The first-order valence-electron chi connectivity index (χ1n) is 4.23. The Balaban J connectivity index is 0.000000143. The SMILES string of the molecule is C1=C2NN2CS1.CC(C)(C)OC(N)=O. The van der Waals surface area contributed by atoms with Crippen molar-refractivity contribution in [2.24, 2.45) is 5.73 Å². The van der Waals surface area contributed by atoms with Gasteiger partial charge in [-0.1, -0.05) is 0 Å². The monoisotopic (exact) mass is 217 g/mol. The molecule has 0 saturated carbocycles. The summed E-state index contributed by atoms with van der Waals surface area (Å²) in [4.78, 5) is 10.0. The maximum atomic E-state index is 10.0. The van der Waals surface area contributed by atoms with Crippen molar-refractivity contribution < 1.29 is 9.53 Å². The molecule has 0 bridgehead atoms. The second-order valence-corrected chi connectivity index (χ2v) is 4.70. The number of amides is 1. The van der Waals surface area contributed by atoms with Gasteiger partial charge in [-0.15, -0.1) is 11.8 Å². The van der Waals surface area contributed by atoms with Crippen LogP contribution in [0.2, 0.25) is 0 Å². The second kappa shape index (κ2) is 4.00. The predicted molar refractivity (Wildman–Crippen MR) is 55.9 cm³/mol. The number of hydrogen-bond acceptors (Lipinski definition) is 5. The average Bonchev–Trinajstić information content (AvgIpc) is 2.55. The largest absolute Gasteiger partial charge is 0.444 e. The van der Waals surface area contributed by atoms with Crippen molar-refractivity contribution in [3.8, 4) is 0 Å². The second-order valence-electron chi connectivity index (χ2n) is 3.87. The van der Waals surface area contributed by atoms with E-state index in [4.69, 9.17) is 5.73 Å². The van der Waals surface area contributed by atoms with Crippen molar-refractivity contribution in [3.63, 3.8) is 0 Å². The van der Waals surface area contributed by atoms with Crippen molar-refractivity contribution in [1.29, 1.82) is 0 Å². The standard InChI is InChI=1S/C5H11NO2.C3H4N2S/c1-5(2,3)8-4(6)7;1-3-4-5(3)2-6-1/h1-3H3,(H2,6,7);1,4H,2H2. The van der Waals surface area contributed by atoms with Crippen LogP contribution >= 0.6 is 11.8 Å². The third kappa shape index (κ3) is 4.27. The first kappa shape index (κ1) is 11.0. The molecular formula is C8H15N3O2S. The predicted octanol–water partition coefficient (Wildman–Crippen LogP) is 1.19. The summed E-state index contributed by atoms with van der Waals surface area (Å²) in [7, 11) is 0. The molecule has 2 heterocycles. The molecule has 14 heavy (non-hydrogen) atoms. The Morgan fingerprint density at radius 1 is 1.71 bits per heavy atom. The number of fused-ring (bicyclic) bond motifs is 1. The Hall–Kier alpha value is -1.04. The van der Waals surface area contributed by atoms with Crippen LogP contribution in [0.5, 0.6) is 0 Å². The van der Waals surface area contributed by atoms with Crippen LogP contribution in [0, 0.1) is 0 Å². The molecule has 1 amide bonds. The summed E-state index contributed by atoms with van der Waals surface area (Å²) >= 11 is 1.83. The van der Waals surface area contributed by atoms with Crippen LogP contribution < -0.4 is 11.2 Å². The van der Waals surface area contributed by atoms with Gasteiger partial charge in [0.15, 0.2) is 0 Å². The Morgan fingerprint density at radius 3 is 2.43 bits per heavy atom. The molecule has 2 aliphatic rings. The molecule has 0 spiro atoms. The normalized spacial score (nSPS) is 17.1. The lowest BCUT2D eigenvalue weighted by Crippen LogP contribution is -2.27. The summed E-state index contributed by atoms with van der Waals surface area (Å²) in [5, 5.41) is 4.23. The summed E-state index contributed by atoms with van der Waals surface area (Å²) in [6, 6.07) is 0. The molecule has 0 aromatic carbocycles. The van der Waals surface area contributed by atoms with E-state index >= 15 is 0 Å². The van der Waals surface area contributed by atoms with E-state index in [1.165, 1.54) is 5.82 Å². The minimum Gasteiger partial charge on any atom is -0.444 e. The summed E-state index contributed by atoms with van der Waals surface area (Å²) in [5.41, 5.74) is 7.31. The van der Waals surface area contributed by atoms with Crippen LogP contribution in [-0.2, 0) is 4.74 Å². The molecule has 6 heteroatoms. The van der Waals surface area contributed by atoms with Gasteiger partial charge in [0.05, 0.1) is 5.88 Å². The van der Waals surface area contributed by atoms with Gasteiger partial charge in [0.1, 0.15) is 11.4 Å². The van der Waals surface area contributed by atoms with Crippen molar-refractivity contribution in [2.45, 2.75) is 26.4 Å². The number of nitrogens with zero attached hydrogens (tertiary/aromatic N) is 1. The highest BCUT2D eigenvalue weighted by Gasteiger charge is 2.27. The molecule has 0 atom stereocenters. The third-order valence-electron chi connectivity index (χ3n) is 1.30. The van der Waals surface area contributed by atoms with Crippen molar-refractivity contribution in [1.82, 2.24) is 10.4 Å². The van der Waals surface area contributed by atoms with Crippen LogP contribution in [0.3, 0.4) is 0 Å². The quantitative estimate of drug-likeness (QED) is 0.596. The molecule has 1 saturated heterocycles. The molecule has 0 aliphatic carbocycles. The van der Waals surface area contributed by atoms with Crippen LogP contribution in [0.1, 0.15) is 20.8 Å². The fourth-order valence-corrected chi connectivity index (χ4v) is 1.56. The molecular weight excluding hydrogens is 202 g/mol. The topological polar surface area (TPSA) is 77.3 Å². The van der Waals surface area contributed by atoms with Gasteiger partial charge in [0.25, 0.3) is 0 Å². The first-order valence-corrected chi connectivity index (χ1v) is 5.28. The summed E-state index contributed by atoms with van der Waals surface area (Å²) < 4.78 is 4.58. The molecule has 2 rings (SSSR count). The zero-order valence-corrected chi connectivity index (χ0v) is 9.35. The molecule has 3 N–H and O–H groups in total. The van der Waals surface area contributed by atoms with E-state index in [-0.39, 0.29) is 0 Å². The smallest absolute Gasteiger partial charge is 0.405 e. The number of hydrogen-bond donors (Lipinski definition) is 2. The maximum absolute atomic E-state index is 10.0. The lowest BCUT2D eigenvalue weighted by Gasteiger charge is -2.16. The molecule has 0 aromatic heterocycles. The third-order valence-corrected chi connectivity index (χ3v) is 2.09. The van der Waals surface area contributed by atoms with Gasteiger partial charge < -0.3 is 10.5 Å². The number of ether oxygens (including phenoxy) is 1. The van der Waals surface area contributed by atoms with E-state index in [9.17, 15) is 4.79 Å². The van der Waals surface area contributed by atoms with E-state index in [1.54, 1.807) is 20.8 Å². The van der Waals surface area contributed by atoms with E-state index in [1.807, 2.05) is 11.8 Å². The van der Waals surface area contributed by atoms with Crippen LogP contribution in [0.15, 0.2) is 11.2 Å². The lowest BCUT2D eigenvalue weighted by molar-refractivity contribution is 0.0600. The highest BCUT2D eigenvalue weighted by molar-refractivity contribution is 8.02. The van der Waals surface area contributed by atoms with E-state index in [2.05, 4.69) is 20.6 Å². The van der Waals surface area contributed by atoms with Crippen LogP contribution in [0.4, 0.5) is 4.79 Å². The number of thioether (sulfide) groups is 1. The van der Waals surface area contributed by atoms with Gasteiger partial charge in [-0.25, -0.2) is 4.79 Å². The molecule has 1 fully saturated rings. The highest BCUT2D eigenvalue weighted by Crippen LogP contribution is 2.28. The van der Waals surface area contributed by atoms with Gasteiger partial charge in [0, 0.05) is 5.41 Å². The van der Waals surface area contributed by atoms with Crippen molar-refractivity contribution in [2.75, 3.05) is 5.88 Å². The minimum atomic E-state index is -0.725.